The number of nitrogens with two attached hydrogens (primary N) is 1. The van der Waals surface area contributed by atoms with Crippen LogP contribution in [0.5, 0.6) is 0 Å². The van der Waals surface area contributed by atoms with E-state index in [2.05, 4.69) is 20.4 Å². The number of amidine groups is 1. The van der Waals surface area contributed by atoms with E-state index in [0.29, 0.717) is 29.9 Å². The van der Waals surface area contributed by atoms with Gasteiger partial charge in [0.15, 0.2) is 10.9 Å². The molecule has 0 saturated carbocycles. The number of nitrogens with one attached hydrogen (secondary N) is 1. The minimum atomic E-state index is 0.335. The summed E-state index contributed by atoms with van der Waals surface area (Å²) in [5.41, 5.74) is 10.7. The van der Waals surface area contributed by atoms with Gasteiger partial charge in [-0.1, -0.05) is 0 Å². The highest BCUT2D eigenvalue weighted by Gasteiger charge is 2.15. The van der Waals surface area contributed by atoms with E-state index in [1.54, 1.807) is 6.20 Å². The molecule has 124 valence electrons. The van der Waals surface area contributed by atoms with Gasteiger partial charge >= 0.3 is 0 Å². The summed E-state index contributed by atoms with van der Waals surface area (Å²) >= 11 is 5.32. The topological polar surface area (TPSA) is 79.0 Å². The van der Waals surface area contributed by atoms with Crippen LogP contribution < -0.4 is 16.1 Å². The van der Waals surface area contributed by atoms with Gasteiger partial charge < -0.3 is 20.3 Å². The fourth-order valence-electron chi connectivity index (χ4n) is 2.73. The quantitative estimate of drug-likeness (QED) is 0.361. The predicted molar refractivity (Wildman–Crippen MR) is 94.5 cm³/mol. The molecule has 1 aromatic heterocycles. The number of ether oxygens (including phenoxy) is 1. The lowest BCUT2D eigenvalue weighted by molar-refractivity contribution is 0.0677. The second-order valence-electron chi connectivity index (χ2n) is 5.61. The molecular formula is C15H22N6OS. The summed E-state index contributed by atoms with van der Waals surface area (Å²) in [5.74, 6) is 0.335. The van der Waals surface area contributed by atoms with Gasteiger partial charge in [0.05, 0.1) is 13.2 Å². The Kier molecular flexibility index (Phi) is 5.24. The van der Waals surface area contributed by atoms with Crippen LogP contribution in [0.2, 0.25) is 0 Å². The number of pyridine rings is 1. The zero-order chi connectivity index (χ0) is 16.1. The molecular weight excluding hydrogens is 312 g/mol. The van der Waals surface area contributed by atoms with Crippen molar-refractivity contribution in [2.75, 3.05) is 44.3 Å². The van der Waals surface area contributed by atoms with Crippen LogP contribution in [0.3, 0.4) is 0 Å². The lowest BCUT2D eigenvalue weighted by atomic mass is 10.3. The number of anilines is 1. The molecule has 0 aliphatic carbocycles. The Hall–Kier alpha value is -1.93. The van der Waals surface area contributed by atoms with E-state index in [-0.39, 0.29) is 0 Å². The number of nitrogens with zero attached hydrogens (tertiary/aromatic N) is 4. The summed E-state index contributed by atoms with van der Waals surface area (Å²) in [7, 11) is 0. The molecule has 2 saturated heterocycles. The lowest BCUT2D eigenvalue weighted by Gasteiger charge is -2.28. The van der Waals surface area contributed by atoms with Gasteiger partial charge in [0, 0.05) is 38.1 Å². The molecule has 0 atom stereocenters. The maximum absolute atomic E-state index is 6.04. The first-order valence-electron chi connectivity index (χ1n) is 7.91. The van der Waals surface area contributed by atoms with Gasteiger partial charge in [-0.2, -0.15) is 5.10 Å². The fourth-order valence-corrected chi connectivity index (χ4v) is 2.96. The molecule has 2 aliphatic heterocycles. The average molecular weight is 334 g/mol. The third-order valence-electron chi connectivity index (χ3n) is 4.05. The van der Waals surface area contributed by atoms with E-state index in [9.17, 15) is 0 Å². The van der Waals surface area contributed by atoms with Gasteiger partial charge in [-0.05, 0) is 37.2 Å². The summed E-state index contributed by atoms with van der Waals surface area (Å²) in [6.45, 7) is 5.06. The summed E-state index contributed by atoms with van der Waals surface area (Å²) in [6, 6.07) is 3.98. The van der Waals surface area contributed by atoms with Crippen molar-refractivity contribution in [2.45, 2.75) is 12.8 Å². The monoisotopic (exact) mass is 334 g/mol. The Bertz CT molecular complexity index is 581. The van der Waals surface area contributed by atoms with Gasteiger partial charge in [0.1, 0.15) is 5.69 Å². The molecule has 2 aliphatic rings. The summed E-state index contributed by atoms with van der Waals surface area (Å²) in [4.78, 5) is 8.66. The first kappa shape index (κ1) is 15.9. The van der Waals surface area contributed by atoms with E-state index < -0.39 is 0 Å². The van der Waals surface area contributed by atoms with E-state index in [4.69, 9.17) is 22.7 Å². The number of rotatable bonds is 3. The van der Waals surface area contributed by atoms with Crippen LogP contribution in [0, 0.1) is 0 Å². The summed E-state index contributed by atoms with van der Waals surface area (Å²) in [6.07, 6.45) is 4.23. The minimum absolute atomic E-state index is 0.335. The van der Waals surface area contributed by atoms with Crippen molar-refractivity contribution < 1.29 is 4.74 Å². The lowest BCUT2D eigenvalue weighted by Crippen LogP contribution is -2.45. The number of hydrogen-bond acceptors (Lipinski definition) is 5. The van der Waals surface area contributed by atoms with Crippen molar-refractivity contribution in [1.29, 1.82) is 0 Å². The molecule has 0 bridgehead atoms. The van der Waals surface area contributed by atoms with Gasteiger partial charge in [0.2, 0.25) is 0 Å². The summed E-state index contributed by atoms with van der Waals surface area (Å²) in [5, 5.41) is 4.74. The normalized spacial score (nSPS) is 19.0. The van der Waals surface area contributed by atoms with Crippen LogP contribution in [0.4, 0.5) is 5.69 Å². The molecule has 0 radical (unpaired) electrons. The highest BCUT2D eigenvalue weighted by molar-refractivity contribution is 7.80. The molecule has 0 spiro atoms. The van der Waals surface area contributed by atoms with Crippen molar-refractivity contribution in [3.8, 4) is 0 Å². The number of morpholine rings is 1. The molecule has 0 amide bonds. The van der Waals surface area contributed by atoms with Crippen LogP contribution in [0.25, 0.3) is 0 Å². The fraction of sp³-hybridized carbons (Fsp3) is 0.533. The first-order valence-corrected chi connectivity index (χ1v) is 8.32. The SMILES string of the molecule is N/C(=N\NC(=S)N1CCOCC1)c1cc(N2CCCC2)ccn1. The van der Waals surface area contributed by atoms with Crippen molar-refractivity contribution in [3.05, 3.63) is 24.0 Å². The Morgan fingerprint density at radius 2 is 2.00 bits per heavy atom. The van der Waals surface area contributed by atoms with Gasteiger partial charge in [-0.25, -0.2) is 0 Å². The van der Waals surface area contributed by atoms with Crippen LogP contribution in [-0.4, -0.2) is 60.2 Å². The first-order chi connectivity index (χ1) is 11.2. The Morgan fingerprint density at radius 3 is 2.74 bits per heavy atom. The maximum atomic E-state index is 6.04. The highest BCUT2D eigenvalue weighted by Crippen LogP contribution is 2.19. The Labute approximate surface area is 141 Å². The number of hydrogen-bond donors (Lipinski definition) is 2. The van der Waals surface area contributed by atoms with Gasteiger partial charge in [0.25, 0.3) is 0 Å². The molecule has 0 aromatic carbocycles. The van der Waals surface area contributed by atoms with Crippen LogP contribution in [0.1, 0.15) is 18.5 Å². The van der Waals surface area contributed by atoms with E-state index in [1.807, 2.05) is 17.0 Å². The largest absolute Gasteiger partial charge is 0.380 e. The molecule has 3 N–H and O–H groups in total. The highest BCUT2D eigenvalue weighted by atomic mass is 32.1. The van der Waals surface area contributed by atoms with Crippen LogP contribution in [-0.2, 0) is 4.74 Å². The van der Waals surface area contributed by atoms with Crippen LogP contribution >= 0.6 is 12.2 Å². The van der Waals surface area contributed by atoms with Gasteiger partial charge in [-0.3, -0.25) is 10.4 Å². The number of aromatic nitrogens is 1. The Balaban J connectivity index is 1.63. The van der Waals surface area contributed by atoms with E-state index >= 15 is 0 Å². The third-order valence-corrected chi connectivity index (χ3v) is 4.40. The standard InChI is InChI=1S/C15H22N6OS/c16-14(18-19-15(23)21-7-9-22-10-8-21)13-11-12(3-4-17-13)20-5-1-2-6-20/h3-4,11H,1-2,5-10H2,(H2,16,18)(H,19,23). The second kappa shape index (κ2) is 7.56. The van der Waals surface area contributed by atoms with Crippen LogP contribution in [0.15, 0.2) is 23.4 Å². The molecule has 0 unspecified atom stereocenters. The molecule has 3 heterocycles. The molecule has 1 aromatic rings. The molecule has 7 nitrogen and oxygen atoms in total. The molecule has 23 heavy (non-hydrogen) atoms. The number of hydrazone groups is 1. The molecule has 2 fully saturated rings. The summed E-state index contributed by atoms with van der Waals surface area (Å²) < 4.78 is 5.30. The zero-order valence-corrected chi connectivity index (χ0v) is 13.9. The smallest absolute Gasteiger partial charge is 0.189 e. The Morgan fingerprint density at radius 1 is 1.26 bits per heavy atom. The maximum Gasteiger partial charge on any atom is 0.189 e. The number of thiocarbonyl (C=S) groups is 1. The van der Waals surface area contributed by atoms with E-state index in [1.165, 1.54) is 12.8 Å². The second-order valence-corrected chi connectivity index (χ2v) is 5.99. The van der Waals surface area contributed by atoms with Gasteiger partial charge in [-0.15, -0.1) is 0 Å². The molecule has 3 rings (SSSR count). The van der Waals surface area contributed by atoms with Crippen molar-refractivity contribution in [2.24, 2.45) is 10.8 Å². The van der Waals surface area contributed by atoms with E-state index in [0.717, 1.165) is 31.9 Å². The zero-order valence-electron chi connectivity index (χ0n) is 13.1. The van der Waals surface area contributed by atoms with Crippen molar-refractivity contribution in [1.82, 2.24) is 15.3 Å². The van der Waals surface area contributed by atoms with Crippen molar-refractivity contribution in [3.63, 3.8) is 0 Å². The predicted octanol–water partition coefficient (Wildman–Crippen LogP) is 0.509. The minimum Gasteiger partial charge on any atom is -0.380 e. The molecule has 8 heteroatoms. The average Bonchev–Trinajstić information content (AvgIpc) is 3.15. The third kappa shape index (κ3) is 4.08. The van der Waals surface area contributed by atoms with Crippen molar-refractivity contribution >= 4 is 28.9 Å².